The molecule has 1 N–H and O–H groups in total. The molecule has 2 aromatic rings. The molecule has 0 aliphatic carbocycles. The Morgan fingerprint density at radius 3 is 2.62 bits per heavy atom. The zero-order chi connectivity index (χ0) is 18.7. The highest BCUT2D eigenvalue weighted by molar-refractivity contribution is 6.00. The van der Waals surface area contributed by atoms with E-state index < -0.39 is 17.6 Å². The third-order valence-corrected chi connectivity index (χ3v) is 4.32. The zero-order valence-corrected chi connectivity index (χ0v) is 14.2. The van der Waals surface area contributed by atoms with E-state index in [1.165, 1.54) is 11.0 Å². The van der Waals surface area contributed by atoms with Gasteiger partial charge in [0.15, 0.2) is 0 Å². The number of hydrogen-bond donors (Lipinski definition) is 1. The number of amides is 2. The molecule has 1 fully saturated rings. The Kier molecular flexibility index (Phi) is 5.16. The number of rotatable bonds is 5. The Morgan fingerprint density at radius 1 is 1.23 bits per heavy atom. The predicted molar refractivity (Wildman–Crippen MR) is 91.7 cm³/mol. The number of carbonyl (C=O) groups is 2. The van der Waals surface area contributed by atoms with E-state index in [1.54, 1.807) is 19.2 Å². The van der Waals surface area contributed by atoms with Gasteiger partial charge in [0, 0.05) is 25.6 Å². The lowest BCUT2D eigenvalue weighted by molar-refractivity contribution is -0.126. The molecular weight excluding hydrogens is 342 g/mol. The molecule has 2 aromatic carbocycles. The normalized spacial score (nSPS) is 16.7. The van der Waals surface area contributed by atoms with Crippen molar-refractivity contribution in [2.24, 2.45) is 5.92 Å². The van der Waals surface area contributed by atoms with Crippen molar-refractivity contribution in [2.45, 2.75) is 13.0 Å². The quantitative estimate of drug-likeness (QED) is 0.892. The molecule has 2 amide bonds. The van der Waals surface area contributed by atoms with Crippen molar-refractivity contribution in [3.63, 3.8) is 0 Å². The number of nitrogens with one attached hydrogen (secondary N) is 1. The van der Waals surface area contributed by atoms with Crippen LogP contribution in [0.3, 0.4) is 0 Å². The summed E-state index contributed by atoms with van der Waals surface area (Å²) in [5.41, 5.74) is 0.881. The molecule has 1 unspecified atom stereocenters. The van der Waals surface area contributed by atoms with Crippen molar-refractivity contribution in [3.8, 4) is 5.75 Å². The minimum Gasteiger partial charge on any atom is -0.497 e. The molecule has 1 atom stereocenters. The molecule has 1 heterocycles. The first-order valence-electron chi connectivity index (χ1n) is 8.14. The molecule has 1 aliphatic heterocycles. The van der Waals surface area contributed by atoms with Gasteiger partial charge in [-0.25, -0.2) is 8.78 Å². The number of carbonyl (C=O) groups excluding carboxylic acids is 2. The average molecular weight is 360 g/mol. The fourth-order valence-corrected chi connectivity index (χ4v) is 2.89. The topological polar surface area (TPSA) is 58.6 Å². The van der Waals surface area contributed by atoms with Crippen LogP contribution in [0, 0.1) is 17.6 Å². The summed E-state index contributed by atoms with van der Waals surface area (Å²) in [6, 6.07) is 10.3. The van der Waals surface area contributed by atoms with Gasteiger partial charge in [-0.3, -0.25) is 9.59 Å². The standard InChI is InChI=1S/C19H18F2N2O3/c1-26-15-5-2-12(3-6-15)10-22-19(25)13-8-18(24)23(11-13)17-7-4-14(20)9-16(17)21/h2-7,9,13H,8,10-11H2,1H3,(H,22,25). The van der Waals surface area contributed by atoms with Gasteiger partial charge in [0.25, 0.3) is 0 Å². The van der Waals surface area contributed by atoms with E-state index in [1.807, 2.05) is 12.1 Å². The van der Waals surface area contributed by atoms with Gasteiger partial charge in [-0.15, -0.1) is 0 Å². The van der Waals surface area contributed by atoms with E-state index in [9.17, 15) is 18.4 Å². The first-order chi connectivity index (χ1) is 12.5. The second-order valence-electron chi connectivity index (χ2n) is 6.07. The van der Waals surface area contributed by atoms with Crippen LogP contribution in [0.1, 0.15) is 12.0 Å². The minimum absolute atomic E-state index is 0.00867. The van der Waals surface area contributed by atoms with Crippen LogP contribution in [-0.4, -0.2) is 25.5 Å². The maximum atomic E-state index is 13.9. The number of methoxy groups -OCH3 is 1. The van der Waals surface area contributed by atoms with Gasteiger partial charge in [-0.1, -0.05) is 12.1 Å². The molecular formula is C19H18F2N2O3. The van der Waals surface area contributed by atoms with Crippen LogP contribution in [0.5, 0.6) is 5.75 Å². The molecule has 5 nitrogen and oxygen atoms in total. The van der Waals surface area contributed by atoms with Crippen LogP contribution < -0.4 is 15.0 Å². The van der Waals surface area contributed by atoms with Crippen molar-refractivity contribution in [1.82, 2.24) is 5.32 Å². The van der Waals surface area contributed by atoms with Gasteiger partial charge in [0.1, 0.15) is 17.4 Å². The van der Waals surface area contributed by atoms with Gasteiger partial charge in [0.05, 0.1) is 18.7 Å². The first kappa shape index (κ1) is 17.8. The average Bonchev–Trinajstić information content (AvgIpc) is 3.02. The summed E-state index contributed by atoms with van der Waals surface area (Å²) in [5.74, 6) is -2.03. The fraction of sp³-hybridized carbons (Fsp3) is 0.263. The molecule has 3 rings (SSSR count). The molecule has 1 aliphatic rings. The number of anilines is 1. The fourth-order valence-electron chi connectivity index (χ4n) is 2.89. The van der Waals surface area contributed by atoms with E-state index in [0.29, 0.717) is 6.54 Å². The molecule has 26 heavy (non-hydrogen) atoms. The van der Waals surface area contributed by atoms with Gasteiger partial charge in [0.2, 0.25) is 11.8 Å². The molecule has 0 radical (unpaired) electrons. The van der Waals surface area contributed by atoms with Crippen molar-refractivity contribution < 1.29 is 23.1 Å². The Balaban J connectivity index is 1.61. The van der Waals surface area contributed by atoms with Crippen LogP contribution in [0.25, 0.3) is 0 Å². The van der Waals surface area contributed by atoms with Crippen molar-refractivity contribution in [3.05, 3.63) is 59.7 Å². The highest BCUT2D eigenvalue weighted by Gasteiger charge is 2.36. The van der Waals surface area contributed by atoms with Gasteiger partial charge >= 0.3 is 0 Å². The second kappa shape index (κ2) is 7.51. The summed E-state index contributed by atoms with van der Waals surface area (Å²) in [7, 11) is 1.57. The smallest absolute Gasteiger partial charge is 0.227 e. The van der Waals surface area contributed by atoms with Crippen molar-refractivity contribution in [2.75, 3.05) is 18.6 Å². The lowest BCUT2D eigenvalue weighted by Crippen LogP contribution is -2.32. The van der Waals surface area contributed by atoms with Crippen molar-refractivity contribution >= 4 is 17.5 Å². The number of nitrogens with zero attached hydrogens (tertiary/aromatic N) is 1. The van der Waals surface area contributed by atoms with Gasteiger partial charge in [-0.2, -0.15) is 0 Å². The van der Waals surface area contributed by atoms with Crippen LogP contribution >= 0.6 is 0 Å². The first-order valence-corrected chi connectivity index (χ1v) is 8.14. The van der Waals surface area contributed by atoms with Crippen LogP contribution in [0.15, 0.2) is 42.5 Å². The largest absolute Gasteiger partial charge is 0.497 e. The van der Waals surface area contributed by atoms with Crippen LogP contribution in [-0.2, 0) is 16.1 Å². The van der Waals surface area contributed by atoms with E-state index in [4.69, 9.17) is 4.74 Å². The third kappa shape index (κ3) is 3.82. The van der Waals surface area contributed by atoms with E-state index in [0.717, 1.165) is 23.4 Å². The molecule has 0 bridgehead atoms. The molecule has 7 heteroatoms. The van der Waals surface area contributed by atoms with Crippen LogP contribution in [0.2, 0.25) is 0 Å². The zero-order valence-electron chi connectivity index (χ0n) is 14.2. The highest BCUT2D eigenvalue weighted by atomic mass is 19.1. The van der Waals surface area contributed by atoms with Gasteiger partial charge in [-0.05, 0) is 29.8 Å². The SMILES string of the molecule is COc1ccc(CNC(=O)C2CC(=O)N(c3ccc(F)cc3F)C2)cc1. The maximum absolute atomic E-state index is 13.9. The Morgan fingerprint density at radius 2 is 1.96 bits per heavy atom. The van der Waals surface area contributed by atoms with Crippen LogP contribution in [0.4, 0.5) is 14.5 Å². The molecule has 1 saturated heterocycles. The summed E-state index contributed by atoms with van der Waals surface area (Å²) >= 11 is 0. The number of benzene rings is 2. The van der Waals surface area contributed by atoms with Crippen molar-refractivity contribution in [1.29, 1.82) is 0 Å². The lowest BCUT2D eigenvalue weighted by Gasteiger charge is -2.17. The summed E-state index contributed by atoms with van der Waals surface area (Å²) < 4.78 is 32.0. The number of ether oxygens (including phenoxy) is 1. The van der Waals surface area contributed by atoms with Gasteiger partial charge < -0.3 is 15.0 Å². The molecule has 0 aromatic heterocycles. The molecule has 136 valence electrons. The maximum Gasteiger partial charge on any atom is 0.227 e. The minimum atomic E-state index is -0.822. The van der Waals surface area contributed by atoms with E-state index >= 15 is 0 Å². The molecule has 0 saturated carbocycles. The monoisotopic (exact) mass is 360 g/mol. The summed E-state index contributed by atoms with van der Waals surface area (Å²) in [6.07, 6.45) is -0.00867. The van der Waals surface area contributed by atoms with E-state index in [-0.39, 0.29) is 30.5 Å². The summed E-state index contributed by atoms with van der Waals surface area (Å²) in [6.45, 7) is 0.383. The predicted octanol–water partition coefficient (Wildman–Crippen LogP) is 2.64. The lowest BCUT2D eigenvalue weighted by atomic mass is 10.1. The Labute approximate surface area is 149 Å². The summed E-state index contributed by atoms with van der Waals surface area (Å²) in [5, 5.41) is 2.78. The second-order valence-corrected chi connectivity index (χ2v) is 6.07. The Hall–Kier alpha value is -2.96. The summed E-state index contributed by atoms with van der Waals surface area (Å²) in [4.78, 5) is 25.7. The third-order valence-electron chi connectivity index (χ3n) is 4.32. The number of hydrogen-bond acceptors (Lipinski definition) is 3. The Bertz CT molecular complexity index is 824. The van der Waals surface area contributed by atoms with E-state index in [2.05, 4.69) is 5.32 Å². The highest BCUT2D eigenvalue weighted by Crippen LogP contribution is 2.28. The molecule has 0 spiro atoms. The number of halogens is 2.